The van der Waals surface area contributed by atoms with Crippen molar-refractivity contribution in [1.29, 1.82) is 0 Å². The van der Waals surface area contributed by atoms with Gasteiger partial charge in [-0.25, -0.2) is 4.39 Å². The lowest BCUT2D eigenvalue weighted by molar-refractivity contribution is 0.626. The smallest absolute Gasteiger partial charge is 0.166 e. The highest BCUT2D eigenvalue weighted by atomic mass is 35.5. The molecular weight excluding hydrogens is 241 g/mol. The van der Waals surface area contributed by atoms with E-state index in [1.165, 1.54) is 6.07 Å². The first-order chi connectivity index (χ1) is 8.17. The summed E-state index contributed by atoms with van der Waals surface area (Å²) in [6, 6.07) is 4.94. The Morgan fingerprint density at radius 1 is 1.35 bits per heavy atom. The molecule has 0 atom stereocenters. The Kier molecular flexibility index (Phi) is 3.43. The van der Waals surface area contributed by atoms with Crippen LogP contribution in [0, 0.1) is 12.7 Å². The van der Waals surface area contributed by atoms with E-state index in [4.69, 9.17) is 11.6 Å². The van der Waals surface area contributed by atoms with Crippen LogP contribution in [0.5, 0.6) is 0 Å². The summed E-state index contributed by atoms with van der Waals surface area (Å²) >= 11 is 5.77. The molecular formula is C12H13ClFN3. The van der Waals surface area contributed by atoms with Crippen LogP contribution in [-0.4, -0.2) is 14.8 Å². The van der Waals surface area contributed by atoms with E-state index < -0.39 is 0 Å². The predicted molar refractivity (Wildman–Crippen MR) is 65.4 cm³/mol. The van der Waals surface area contributed by atoms with E-state index in [1.54, 1.807) is 12.1 Å². The van der Waals surface area contributed by atoms with Crippen LogP contribution in [0.25, 0.3) is 11.4 Å². The van der Waals surface area contributed by atoms with Crippen LogP contribution in [0.4, 0.5) is 4.39 Å². The molecule has 2 rings (SSSR count). The second-order valence-corrected chi connectivity index (χ2v) is 4.07. The van der Waals surface area contributed by atoms with E-state index in [1.807, 2.05) is 18.4 Å². The van der Waals surface area contributed by atoms with Gasteiger partial charge in [0.05, 0.1) is 11.4 Å². The highest BCUT2D eigenvalue weighted by molar-refractivity contribution is 6.16. The van der Waals surface area contributed by atoms with Gasteiger partial charge in [-0.2, -0.15) is 0 Å². The van der Waals surface area contributed by atoms with E-state index in [2.05, 4.69) is 10.2 Å². The first-order valence-electron chi connectivity index (χ1n) is 5.42. The van der Waals surface area contributed by atoms with Gasteiger partial charge < -0.3 is 4.57 Å². The summed E-state index contributed by atoms with van der Waals surface area (Å²) in [5.41, 5.74) is 1.45. The third kappa shape index (κ3) is 2.17. The number of rotatable bonds is 3. The molecule has 0 aliphatic rings. The molecule has 0 unspecified atom stereocenters. The minimum absolute atomic E-state index is 0.272. The second-order valence-electron chi connectivity index (χ2n) is 3.80. The van der Waals surface area contributed by atoms with Gasteiger partial charge in [-0.05, 0) is 26.0 Å². The van der Waals surface area contributed by atoms with E-state index in [-0.39, 0.29) is 11.7 Å². The van der Waals surface area contributed by atoms with Crippen LogP contribution < -0.4 is 0 Å². The minimum atomic E-state index is -0.293. The number of aromatic nitrogens is 3. The van der Waals surface area contributed by atoms with Crippen molar-refractivity contribution >= 4 is 11.6 Å². The van der Waals surface area contributed by atoms with Gasteiger partial charge >= 0.3 is 0 Å². The average Bonchev–Trinajstić information content (AvgIpc) is 2.74. The maximum atomic E-state index is 13.8. The normalized spacial score (nSPS) is 10.8. The van der Waals surface area contributed by atoms with E-state index in [0.717, 1.165) is 5.56 Å². The van der Waals surface area contributed by atoms with Gasteiger partial charge in [-0.3, -0.25) is 0 Å². The van der Waals surface area contributed by atoms with Crippen LogP contribution in [0.2, 0.25) is 0 Å². The fourth-order valence-corrected chi connectivity index (χ4v) is 1.97. The number of halogens is 2. The molecule has 5 heteroatoms. The van der Waals surface area contributed by atoms with E-state index in [9.17, 15) is 4.39 Å². The maximum absolute atomic E-state index is 13.8. The zero-order chi connectivity index (χ0) is 12.4. The summed E-state index contributed by atoms with van der Waals surface area (Å²) in [5, 5.41) is 7.99. The molecule has 0 spiro atoms. The molecule has 0 saturated heterocycles. The highest BCUT2D eigenvalue weighted by Crippen LogP contribution is 2.23. The summed E-state index contributed by atoms with van der Waals surface area (Å²) in [5.74, 6) is 1.17. The van der Waals surface area contributed by atoms with Gasteiger partial charge in [0.25, 0.3) is 0 Å². The molecule has 0 amide bonds. The zero-order valence-electron chi connectivity index (χ0n) is 9.74. The van der Waals surface area contributed by atoms with E-state index in [0.29, 0.717) is 23.8 Å². The quantitative estimate of drug-likeness (QED) is 0.787. The SMILES string of the molecule is CCn1c(CCl)nnc1-c1cc(C)ccc1F. The first-order valence-corrected chi connectivity index (χ1v) is 5.95. The summed E-state index contributed by atoms with van der Waals surface area (Å²) in [6.45, 7) is 4.53. The van der Waals surface area contributed by atoms with Crippen molar-refractivity contribution in [3.8, 4) is 11.4 Å². The molecule has 0 aliphatic heterocycles. The van der Waals surface area contributed by atoms with Crippen molar-refractivity contribution in [3.63, 3.8) is 0 Å². The number of aryl methyl sites for hydroxylation is 1. The minimum Gasteiger partial charge on any atom is -0.310 e. The van der Waals surface area contributed by atoms with Crippen molar-refractivity contribution in [2.75, 3.05) is 0 Å². The molecule has 17 heavy (non-hydrogen) atoms. The Bertz CT molecular complexity index is 537. The number of alkyl halides is 1. The molecule has 0 radical (unpaired) electrons. The highest BCUT2D eigenvalue weighted by Gasteiger charge is 2.15. The Morgan fingerprint density at radius 2 is 2.12 bits per heavy atom. The number of hydrogen-bond donors (Lipinski definition) is 0. The van der Waals surface area contributed by atoms with Gasteiger partial charge in [-0.15, -0.1) is 21.8 Å². The number of nitrogens with zero attached hydrogens (tertiary/aromatic N) is 3. The molecule has 90 valence electrons. The summed E-state index contributed by atoms with van der Waals surface area (Å²) in [7, 11) is 0. The predicted octanol–water partition coefficient (Wildman–Crippen LogP) is 3.15. The van der Waals surface area contributed by atoms with Crippen LogP contribution in [-0.2, 0) is 12.4 Å². The van der Waals surface area contributed by atoms with Crippen molar-refractivity contribution in [1.82, 2.24) is 14.8 Å². The molecule has 0 bridgehead atoms. The van der Waals surface area contributed by atoms with Crippen LogP contribution >= 0.6 is 11.6 Å². The van der Waals surface area contributed by atoms with Gasteiger partial charge in [0.2, 0.25) is 0 Å². The van der Waals surface area contributed by atoms with Crippen molar-refractivity contribution in [2.24, 2.45) is 0 Å². The Morgan fingerprint density at radius 3 is 2.76 bits per heavy atom. The van der Waals surface area contributed by atoms with Gasteiger partial charge in [-0.1, -0.05) is 11.6 Å². The Labute approximate surface area is 104 Å². The molecule has 0 N–H and O–H groups in total. The van der Waals surface area contributed by atoms with Gasteiger partial charge in [0.1, 0.15) is 11.6 Å². The molecule has 1 aromatic carbocycles. The molecule has 2 aromatic rings. The van der Waals surface area contributed by atoms with Crippen molar-refractivity contribution in [2.45, 2.75) is 26.3 Å². The Balaban J connectivity index is 2.59. The van der Waals surface area contributed by atoms with Crippen molar-refractivity contribution < 1.29 is 4.39 Å². The lowest BCUT2D eigenvalue weighted by Gasteiger charge is -2.07. The van der Waals surface area contributed by atoms with Gasteiger partial charge in [0, 0.05) is 6.54 Å². The van der Waals surface area contributed by atoms with E-state index >= 15 is 0 Å². The monoisotopic (exact) mass is 253 g/mol. The molecule has 0 aliphatic carbocycles. The Hall–Kier alpha value is -1.42. The second kappa shape index (κ2) is 4.84. The molecule has 3 nitrogen and oxygen atoms in total. The number of benzene rings is 1. The first kappa shape index (κ1) is 12.0. The molecule has 1 aromatic heterocycles. The molecule has 0 fully saturated rings. The third-order valence-electron chi connectivity index (χ3n) is 2.63. The lowest BCUT2D eigenvalue weighted by Crippen LogP contribution is -2.03. The fraction of sp³-hybridized carbons (Fsp3) is 0.333. The van der Waals surface area contributed by atoms with Gasteiger partial charge in [0.15, 0.2) is 5.82 Å². The standard InChI is InChI=1S/C12H13ClFN3/c1-3-17-11(7-13)15-16-12(17)9-6-8(2)4-5-10(9)14/h4-6H,3,7H2,1-2H3. The fourth-order valence-electron chi connectivity index (χ4n) is 1.78. The maximum Gasteiger partial charge on any atom is 0.166 e. The average molecular weight is 254 g/mol. The summed E-state index contributed by atoms with van der Waals surface area (Å²) in [6.07, 6.45) is 0. The summed E-state index contributed by atoms with van der Waals surface area (Å²) in [4.78, 5) is 0. The third-order valence-corrected chi connectivity index (χ3v) is 2.86. The van der Waals surface area contributed by atoms with Crippen LogP contribution in [0.15, 0.2) is 18.2 Å². The molecule has 1 heterocycles. The summed E-state index contributed by atoms with van der Waals surface area (Å²) < 4.78 is 15.6. The zero-order valence-corrected chi connectivity index (χ0v) is 10.5. The molecule has 0 saturated carbocycles. The number of hydrogen-bond acceptors (Lipinski definition) is 2. The van der Waals surface area contributed by atoms with Crippen LogP contribution in [0.3, 0.4) is 0 Å². The topological polar surface area (TPSA) is 30.7 Å². The van der Waals surface area contributed by atoms with Crippen molar-refractivity contribution in [3.05, 3.63) is 35.4 Å². The van der Waals surface area contributed by atoms with Crippen LogP contribution in [0.1, 0.15) is 18.3 Å². The largest absolute Gasteiger partial charge is 0.310 e. The lowest BCUT2D eigenvalue weighted by atomic mass is 10.1.